The molecule has 6 nitrogen and oxygen atoms in total. The zero-order chi connectivity index (χ0) is 15.4. The number of hydroxylamine groups is 2. The van der Waals surface area contributed by atoms with Gasteiger partial charge in [-0.1, -0.05) is 12.2 Å². The van der Waals surface area contributed by atoms with Gasteiger partial charge in [0, 0.05) is 23.2 Å². The number of hydrogen-bond donors (Lipinski definition) is 3. The van der Waals surface area contributed by atoms with E-state index in [2.05, 4.69) is 0 Å². The molecule has 0 saturated carbocycles. The van der Waals surface area contributed by atoms with E-state index < -0.39 is 23.0 Å². The van der Waals surface area contributed by atoms with Gasteiger partial charge in [-0.25, -0.2) is 9.59 Å². The van der Waals surface area contributed by atoms with Crippen LogP contribution in [0.3, 0.4) is 0 Å². The van der Waals surface area contributed by atoms with Crippen LogP contribution in [0.5, 0.6) is 0 Å². The molecule has 20 heavy (non-hydrogen) atoms. The van der Waals surface area contributed by atoms with Crippen LogP contribution in [0.2, 0.25) is 0 Å². The summed E-state index contributed by atoms with van der Waals surface area (Å²) in [7, 11) is 0. The molecule has 6 heteroatoms. The summed E-state index contributed by atoms with van der Waals surface area (Å²) in [5.41, 5.74) is -1.06. The Morgan fingerprint density at radius 3 is 1.65 bits per heavy atom. The SMILES string of the molecule is CC1(CC=CC(=O)O)CCC(C)(CC=CC(=O)O)N1O. The van der Waals surface area contributed by atoms with Crippen LogP contribution < -0.4 is 0 Å². The van der Waals surface area contributed by atoms with Crippen LogP contribution in [-0.2, 0) is 9.59 Å². The minimum Gasteiger partial charge on any atom is -0.478 e. The largest absolute Gasteiger partial charge is 0.478 e. The minimum absolute atomic E-state index is 0.425. The van der Waals surface area contributed by atoms with Crippen molar-refractivity contribution in [3.8, 4) is 0 Å². The molecule has 0 spiro atoms. The summed E-state index contributed by atoms with van der Waals surface area (Å²) >= 11 is 0. The van der Waals surface area contributed by atoms with Gasteiger partial charge >= 0.3 is 11.9 Å². The fourth-order valence-electron chi connectivity index (χ4n) is 2.61. The lowest BCUT2D eigenvalue weighted by molar-refractivity contribution is -0.200. The van der Waals surface area contributed by atoms with Gasteiger partial charge in [0.2, 0.25) is 0 Å². The molecule has 2 atom stereocenters. The predicted molar refractivity (Wildman–Crippen MR) is 72.5 cm³/mol. The number of nitrogens with zero attached hydrogens (tertiary/aromatic N) is 1. The van der Waals surface area contributed by atoms with E-state index in [0.29, 0.717) is 25.7 Å². The van der Waals surface area contributed by atoms with Crippen LogP contribution in [0.4, 0.5) is 0 Å². The Morgan fingerprint density at radius 1 is 1.00 bits per heavy atom. The molecule has 0 amide bonds. The second-order valence-electron chi connectivity index (χ2n) is 5.70. The maximum atomic E-state index is 10.5. The van der Waals surface area contributed by atoms with E-state index in [-0.39, 0.29) is 0 Å². The molecule has 112 valence electrons. The highest BCUT2D eigenvalue weighted by Crippen LogP contribution is 2.43. The molecule has 0 aromatic heterocycles. The average molecular weight is 283 g/mol. The molecule has 1 heterocycles. The van der Waals surface area contributed by atoms with E-state index in [0.717, 1.165) is 12.2 Å². The van der Waals surface area contributed by atoms with Crippen molar-refractivity contribution in [2.75, 3.05) is 0 Å². The lowest BCUT2D eigenvalue weighted by atomic mass is 9.94. The molecule has 1 rings (SSSR count). The molecule has 0 aromatic carbocycles. The van der Waals surface area contributed by atoms with Crippen LogP contribution in [-0.4, -0.2) is 43.5 Å². The predicted octanol–water partition coefficient (Wildman–Crippen LogP) is 2.05. The standard InChI is InChI=1S/C14H21NO5/c1-13(7-3-5-11(16)17)9-10-14(2,15(13)20)8-4-6-12(18)19/h3-6,20H,7-10H2,1-2H3,(H,16,17)(H,18,19). The summed E-state index contributed by atoms with van der Waals surface area (Å²) in [6.07, 6.45) is 7.48. The number of carbonyl (C=O) groups is 2. The fourth-order valence-corrected chi connectivity index (χ4v) is 2.61. The Balaban J connectivity index is 2.71. The number of aliphatic carboxylic acids is 2. The fraction of sp³-hybridized carbons (Fsp3) is 0.571. The topological polar surface area (TPSA) is 98.1 Å². The molecule has 3 N–H and O–H groups in total. The van der Waals surface area contributed by atoms with Gasteiger partial charge in [0.05, 0.1) is 0 Å². The van der Waals surface area contributed by atoms with E-state index in [1.54, 1.807) is 0 Å². The molecule has 0 aromatic rings. The minimum atomic E-state index is -1.01. The number of carboxylic acids is 2. The summed E-state index contributed by atoms with van der Waals surface area (Å²) in [4.78, 5) is 20.9. The average Bonchev–Trinajstić information content (AvgIpc) is 2.54. The normalized spacial score (nSPS) is 31.4. The highest BCUT2D eigenvalue weighted by atomic mass is 16.5. The molecular formula is C14H21NO5. The van der Waals surface area contributed by atoms with Crippen molar-refractivity contribution >= 4 is 11.9 Å². The molecule has 0 bridgehead atoms. The number of rotatable bonds is 6. The molecule has 1 aliphatic rings. The summed E-state index contributed by atoms with van der Waals surface area (Å²) in [5, 5.41) is 28.8. The van der Waals surface area contributed by atoms with E-state index >= 15 is 0 Å². The number of hydrogen-bond acceptors (Lipinski definition) is 4. The third-order valence-electron chi connectivity index (χ3n) is 3.86. The first-order chi connectivity index (χ1) is 9.19. The van der Waals surface area contributed by atoms with Crippen LogP contribution in [0.1, 0.15) is 39.5 Å². The summed E-state index contributed by atoms with van der Waals surface area (Å²) in [6, 6.07) is 0. The van der Waals surface area contributed by atoms with Gasteiger partial charge in [0.15, 0.2) is 0 Å². The Bertz CT molecular complexity index is 405. The first-order valence-corrected chi connectivity index (χ1v) is 6.48. The monoisotopic (exact) mass is 283 g/mol. The van der Waals surface area contributed by atoms with Crippen LogP contribution in [0.15, 0.2) is 24.3 Å². The van der Waals surface area contributed by atoms with Crippen molar-refractivity contribution < 1.29 is 25.0 Å². The molecular weight excluding hydrogens is 262 g/mol. The zero-order valence-corrected chi connectivity index (χ0v) is 11.7. The van der Waals surface area contributed by atoms with Gasteiger partial charge in [-0.2, -0.15) is 5.06 Å². The molecule has 2 unspecified atom stereocenters. The van der Waals surface area contributed by atoms with E-state index in [1.807, 2.05) is 13.8 Å². The maximum absolute atomic E-state index is 10.5. The molecule has 0 radical (unpaired) electrons. The van der Waals surface area contributed by atoms with Crippen molar-refractivity contribution in [3.05, 3.63) is 24.3 Å². The molecule has 1 aliphatic heterocycles. The van der Waals surface area contributed by atoms with Crippen LogP contribution in [0, 0.1) is 0 Å². The van der Waals surface area contributed by atoms with Gasteiger partial charge < -0.3 is 15.4 Å². The molecule has 1 saturated heterocycles. The van der Waals surface area contributed by atoms with Crippen molar-refractivity contribution in [1.82, 2.24) is 5.06 Å². The third-order valence-corrected chi connectivity index (χ3v) is 3.86. The Labute approximate surface area is 118 Å². The van der Waals surface area contributed by atoms with Gasteiger partial charge in [0.25, 0.3) is 0 Å². The van der Waals surface area contributed by atoms with E-state index in [9.17, 15) is 14.8 Å². The molecule has 1 fully saturated rings. The van der Waals surface area contributed by atoms with Gasteiger partial charge in [0.1, 0.15) is 0 Å². The Kier molecular flexibility index (Phi) is 5.08. The van der Waals surface area contributed by atoms with Crippen LogP contribution >= 0.6 is 0 Å². The second kappa shape index (κ2) is 6.19. The summed E-state index contributed by atoms with van der Waals surface area (Å²) in [6.45, 7) is 3.73. The quantitative estimate of drug-likeness (QED) is 0.645. The van der Waals surface area contributed by atoms with Crippen molar-refractivity contribution in [2.45, 2.75) is 50.6 Å². The first kappa shape index (κ1) is 16.4. The molecule has 0 aliphatic carbocycles. The summed E-state index contributed by atoms with van der Waals surface area (Å²) in [5.74, 6) is -2.02. The van der Waals surface area contributed by atoms with E-state index in [4.69, 9.17) is 10.2 Å². The van der Waals surface area contributed by atoms with Crippen molar-refractivity contribution in [3.63, 3.8) is 0 Å². The lowest BCUT2D eigenvalue weighted by Crippen LogP contribution is -2.48. The smallest absolute Gasteiger partial charge is 0.327 e. The second-order valence-corrected chi connectivity index (χ2v) is 5.70. The third kappa shape index (κ3) is 3.91. The Morgan fingerprint density at radius 2 is 1.35 bits per heavy atom. The zero-order valence-electron chi connectivity index (χ0n) is 11.7. The highest BCUT2D eigenvalue weighted by Gasteiger charge is 2.48. The van der Waals surface area contributed by atoms with Gasteiger partial charge in [-0.15, -0.1) is 0 Å². The lowest BCUT2D eigenvalue weighted by Gasteiger charge is -2.38. The number of carboxylic acid groups (broad SMARTS) is 2. The highest BCUT2D eigenvalue weighted by molar-refractivity contribution is 5.80. The summed E-state index contributed by atoms with van der Waals surface area (Å²) < 4.78 is 0. The Hall–Kier alpha value is -1.66. The first-order valence-electron chi connectivity index (χ1n) is 6.48. The van der Waals surface area contributed by atoms with Gasteiger partial charge in [-0.05, 0) is 39.5 Å². The van der Waals surface area contributed by atoms with Crippen molar-refractivity contribution in [2.24, 2.45) is 0 Å². The van der Waals surface area contributed by atoms with Crippen LogP contribution in [0.25, 0.3) is 0 Å². The maximum Gasteiger partial charge on any atom is 0.327 e. The van der Waals surface area contributed by atoms with E-state index in [1.165, 1.54) is 17.2 Å². The van der Waals surface area contributed by atoms with Gasteiger partial charge in [-0.3, -0.25) is 0 Å². The van der Waals surface area contributed by atoms with Crippen molar-refractivity contribution in [1.29, 1.82) is 0 Å².